The van der Waals surface area contributed by atoms with Crippen molar-refractivity contribution in [1.29, 1.82) is 0 Å². The Bertz CT molecular complexity index is 1340. The average Bonchev–Trinajstić information content (AvgIpc) is 3.48. The molecule has 5 rings (SSSR count). The molecule has 2 N–H and O–H groups in total. The van der Waals surface area contributed by atoms with E-state index in [0.29, 0.717) is 25.1 Å². The maximum absolute atomic E-state index is 6.95. The normalized spacial score (nSPS) is 24.0. The molecule has 2 aliphatic carbocycles. The van der Waals surface area contributed by atoms with Gasteiger partial charge in [0.1, 0.15) is 0 Å². The van der Waals surface area contributed by atoms with Crippen LogP contribution in [0.15, 0.2) is 54.6 Å². The highest BCUT2D eigenvalue weighted by Crippen LogP contribution is 2.41. The summed E-state index contributed by atoms with van der Waals surface area (Å²) in [5.74, 6) is 1.14. The van der Waals surface area contributed by atoms with Gasteiger partial charge in [0.05, 0.1) is 31.5 Å². The van der Waals surface area contributed by atoms with Crippen LogP contribution in [-0.2, 0) is 26.9 Å². The highest BCUT2D eigenvalue weighted by atomic mass is 35.5. The second-order valence-electron chi connectivity index (χ2n) is 13.0. The zero-order valence-electron chi connectivity index (χ0n) is 25.6. The number of aromatic nitrogens is 3. The van der Waals surface area contributed by atoms with Crippen LogP contribution < -0.4 is 10.6 Å². The van der Waals surface area contributed by atoms with Crippen LogP contribution in [0.25, 0.3) is 0 Å². The van der Waals surface area contributed by atoms with Gasteiger partial charge in [-0.05, 0) is 59.3 Å². The van der Waals surface area contributed by atoms with Crippen LogP contribution in [0.2, 0.25) is 23.4 Å². The minimum atomic E-state index is -1.98. The third kappa shape index (κ3) is 7.31. The number of benzene rings is 2. The third-order valence-electron chi connectivity index (χ3n) is 9.04. The number of anilines is 2. The lowest BCUT2D eigenvalue weighted by atomic mass is 10.1. The fraction of sp³-hybridized carbons (Fsp3) is 0.531. The molecule has 5 atom stereocenters. The van der Waals surface area contributed by atoms with E-state index in [1.807, 2.05) is 24.3 Å². The molecule has 0 saturated heterocycles. The Balaban J connectivity index is 1.28. The first-order valence-electron chi connectivity index (χ1n) is 14.9. The van der Waals surface area contributed by atoms with Crippen molar-refractivity contribution in [3.63, 3.8) is 0 Å². The molecule has 0 radical (unpaired) electrons. The van der Waals surface area contributed by atoms with Crippen LogP contribution in [0.4, 0.5) is 11.9 Å². The lowest BCUT2D eigenvalue weighted by Gasteiger charge is -2.39. The van der Waals surface area contributed by atoms with E-state index >= 15 is 0 Å². The molecular formula is C32H44ClN5O3Si. The molecule has 0 bridgehead atoms. The summed E-state index contributed by atoms with van der Waals surface area (Å²) in [7, 11) is -0.245. The molecule has 8 nitrogen and oxygen atoms in total. The van der Waals surface area contributed by atoms with Gasteiger partial charge in [-0.1, -0.05) is 75.4 Å². The summed E-state index contributed by atoms with van der Waals surface area (Å²) in [6, 6.07) is 18.7. The minimum absolute atomic E-state index is 0.0194. The molecule has 0 aliphatic heterocycles. The third-order valence-corrected chi connectivity index (χ3v) is 13.7. The largest absolute Gasteiger partial charge is 0.413 e. The fourth-order valence-electron chi connectivity index (χ4n) is 5.73. The number of ether oxygens (including phenoxy) is 2. The van der Waals surface area contributed by atoms with Crippen molar-refractivity contribution in [1.82, 2.24) is 15.0 Å². The number of methoxy groups -OCH3 is 1. The number of hydrogen-bond donors (Lipinski definition) is 2. The van der Waals surface area contributed by atoms with E-state index in [-0.39, 0.29) is 40.5 Å². The van der Waals surface area contributed by atoms with Gasteiger partial charge >= 0.3 is 0 Å². The second-order valence-corrected chi connectivity index (χ2v) is 18.1. The van der Waals surface area contributed by atoms with Gasteiger partial charge in [-0.2, -0.15) is 15.0 Å². The lowest BCUT2D eigenvalue weighted by molar-refractivity contribution is 0.0412. The molecule has 10 heteroatoms. The number of fused-ring (bicyclic) bond motifs is 1. The molecule has 0 amide bonds. The van der Waals surface area contributed by atoms with Crippen molar-refractivity contribution < 1.29 is 13.9 Å². The van der Waals surface area contributed by atoms with Gasteiger partial charge in [-0.3, -0.25) is 0 Å². The van der Waals surface area contributed by atoms with Crippen molar-refractivity contribution in [2.45, 2.75) is 89.1 Å². The molecule has 1 aromatic heterocycles. The van der Waals surface area contributed by atoms with E-state index in [9.17, 15) is 0 Å². The van der Waals surface area contributed by atoms with Gasteiger partial charge < -0.3 is 24.5 Å². The molecule has 0 spiro atoms. The van der Waals surface area contributed by atoms with E-state index in [0.717, 1.165) is 19.3 Å². The van der Waals surface area contributed by atoms with Gasteiger partial charge in [0.15, 0.2) is 8.32 Å². The molecule has 0 unspecified atom stereocenters. The smallest absolute Gasteiger partial charge is 0.229 e. The van der Waals surface area contributed by atoms with Crippen molar-refractivity contribution in [3.8, 4) is 0 Å². The maximum atomic E-state index is 6.95. The van der Waals surface area contributed by atoms with Gasteiger partial charge in [0.2, 0.25) is 17.2 Å². The van der Waals surface area contributed by atoms with Crippen LogP contribution in [0, 0.1) is 5.92 Å². The van der Waals surface area contributed by atoms with Crippen LogP contribution in [-0.4, -0.2) is 55.2 Å². The van der Waals surface area contributed by atoms with Crippen molar-refractivity contribution in [3.05, 3.63) is 76.6 Å². The summed E-state index contributed by atoms with van der Waals surface area (Å²) in [6.45, 7) is 12.7. The monoisotopic (exact) mass is 609 g/mol. The summed E-state index contributed by atoms with van der Waals surface area (Å²) in [5.41, 5.74) is 3.63. The highest BCUT2D eigenvalue weighted by molar-refractivity contribution is 6.74. The number of hydrogen-bond acceptors (Lipinski definition) is 8. The zero-order valence-corrected chi connectivity index (χ0v) is 27.3. The highest BCUT2D eigenvalue weighted by Gasteiger charge is 2.44. The van der Waals surface area contributed by atoms with E-state index < -0.39 is 8.32 Å². The maximum Gasteiger partial charge on any atom is 0.229 e. The molecule has 2 aromatic carbocycles. The Morgan fingerprint density at radius 2 is 1.60 bits per heavy atom. The molecular weight excluding hydrogens is 566 g/mol. The minimum Gasteiger partial charge on any atom is -0.413 e. The first-order chi connectivity index (χ1) is 20.0. The Hall–Kier alpha value is -2.56. The molecule has 2 aliphatic rings. The summed E-state index contributed by atoms with van der Waals surface area (Å²) in [5, 5.41) is 7.27. The van der Waals surface area contributed by atoms with Crippen LogP contribution in [0.3, 0.4) is 0 Å². The Kier molecular flexibility index (Phi) is 9.54. The SMILES string of the molecule is CO[C@H]1Cc2ccccc2[C@H]1Nc1nc(Cl)nc(N[C@@H]2C[C@@H](COCc3ccccc3)[C@@H](O[Si](C)(C)C(C)(C)C)C2)n1. The first-order valence-corrected chi connectivity index (χ1v) is 18.2. The van der Waals surface area contributed by atoms with E-state index in [1.54, 1.807) is 7.11 Å². The van der Waals surface area contributed by atoms with Crippen molar-refractivity contribution >= 4 is 31.8 Å². The first kappa shape index (κ1) is 30.9. The standard InChI is InChI=1S/C32H44ClN5O3Si/c1-32(2,3)42(5,6)41-26-18-24(16-23(26)20-40-19-21-12-8-7-9-13-21)34-30-36-29(33)37-31(38-30)35-28-25-15-11-10-14-22(25)17-27(28)39-4/h7-15,23-24,26-28H,16-20H2,1-6H3,(H2,34,35,36,37,38)/t23-,24+,26-,27-,28+/m0/s1. The van der Waals surface area contributed by atoms with Gasteiger partial charge in [-0.25, -0.2) is 0 Å². The Labute approximate surface area is 256 Å². The second kappa shape index (κ2) is 13.0. The number of halogens is 1. The molecule has 1 saturated carbocycles. The predicted molar refractivity (Wildman–Crippen MR) is 170 cm³/mol. The van der Waals surface area contributed by atoms with Crippen LogP contribution >= 0.6 is 11.6 Å². The summed E-state index contributed by atoms with van der Waals surface area (Å²) < 4.78 is 19.0. The van der Waals surface area contributed by atoms with E-state index in [4.69, 9.17) is 30.5 Å². The lowest BCUT2D eigenvalue weighted by Crippen LogP contribution is -2.45. The molecule has 42 heavy (non-hydrogen) atoms. The topological polar surface area (TPSA) is 90.4 Å². The van der Waals surface area contributed by atoms with Crippen LogP contribution in [0.5, 0.6) is 0 Å². The predicted octanol–water partition coefficient (Wildman–Crippen LogP) is 7.05. The summed E-state index contributed by atoms with van der Waals surface area (Å²) in [4.78, 5) is 13.5. The zero-order chi connectivity index (χ0) is 29.9. The summed E-state index contributed by atoms with van der Waals surface area (Å²) in [6.07, 6.45) is 2.64. The Morgan fingerprint density at radius 3 is 2.31 bits per heavy atom. The van der Waals surface area contributed by atoms with Crippen molar-refractivity contribution in [2.24, 2.45) is 5.92 Å². The molecule has 226 valence electrons. The summed E-state index contributed by atoms with van der Waals surface area (Å²) >= 11 is 6.40. The van der Waals surface area contributed by atoms with Gasteiger partial charge in [0.25, 0.3) is 0 Å². The van der Waals surface area contributed by atoms with E-state index in [1.165, 1.54) is 16.7 Å². The van der Waals surface area contributed by atoms with Crippen molar-refractivity contribution in [2.75, 3.05) is 24.4 Å². The average molecular weight is 610 g/mol. The number of nitrogens with one attached hydrogen (secondary N) is 2. The number of nitrogens with zero attached hydrogens (tertiary/aromatic N) is 3. The molecule has 1 fully saturated rings. The molecule has 3 aromatic rings. The van der Waals surface area contributed by atoms with Gasteiger partial charge in [0, 0.05) is 25.5 Å². The Morgan fingerprint density at radius 1 is 0.905 bits per heavy atom. The van der Waals surface area contributed by atoms with E-state index in [2.05, 4.69) is 84.8 Å². The van der Waals surface area contributed by atoms with Crippen LogP contribution in [0.1, 0.15) is 56.3 Å². The van der Waals surface area contributed by atoms with Gasteiger partial charge in [-0.15, -0.1) is 0 Å². The number of rotatable bonds is 11. The molecule has 1 heterocycles. The quantitative estimate of drug-likeness (QED) is 0.224. The fourth-order valence-corrected chi connectivity index (χ4v) is 7.29.